The number of hydrogen-bond acceptors (Lipinski definition) is 8. The normalized spacial score (nSPS) is 15.9. The van der Waals surface area contributed by atoms with Crippen LogP contribution >= 0.6 is 23.1 Å². The summed E-state index contributed by atoms with van der Waals surface area (Å²) in [7, 11) is 0. The van der Waals surface area contributed by atoms with Crippen LogP contribution < -0.4 is 10.2 Å². The highest BCUT2D eigenvalue weighted by atomic mass is 32.2. The van der Waals surface area contributed by atoms with Crippen LogP contribution in [-0.2, 0) is 4.84 Å². The van der Waals surface area contributed by atoms with Gasteiger partial charge in [0.2, 0.25) is 0 Å². The van der Waals surface area contributed by atoms with Crippen LogP contribution in [-0.4, -0.2) is 29.2 Å². The number of aromatic nitrogens is 2. The van der Waals surface area contributed by atoms with Crippen molar-refractivity contribution >= 4 is 39.8 Å². The lowest BCUT2D eigenvalue weighted by molar-refractivity contribution is 0.0628. The van der Waals surface area contributed by atoms with E-state index in [1.165, 1.54) is 21.5 Å². The highest BCUT2D eigenvalue weighted by molar-refractivity contribution is 7.99. The van der Waals surface area contributed by atoms with E-state index >= 15 is 0 Å². The molecule has 0 saturated carbocycles. The van der Waals surface area contributed by atoms with Crippen molar-refractivity contribution in [3.8, 4) is 5.75 Å². The zero-order valence-corrected chi connectivity index (χ0v) is 19.4. The molecule has 4 aromatic rings. The highest BCUT2D eigenvalue weighted by Crippen LogP contribution is 2.35. The first-order valence-corrected chi connectivity index (χ1v) is 12.0. The number of rotatable bonds is 6. The van der Waals surface area contributed by atoms with Gasteiger partial charge in [0.15, 0.2) is 5.84 Å². The molecule has 0 saturated heterocycles. The average molecular weight is 463 g/mol. The summed E-state index contributed by atoms with van der Waals surface area (Å²) in [6.07, 6.45) is 0. The van der Waals surface area contributed by atoms with Gasteiger partial charge >= 0.3 is 0 Å². The Balaban J connectivity index is 1.59. The first-order chi connectivity index (χ1) is 15.7. The maximum Gasteiger partial charge on any atom is 0.156 e. The van der Waals surface area contributed by atoms with Gasteiger partial charge in [-0.1, -0.05) is 36.0 Å². The Kier molecular flexibility index (Phi) is 6.07. The first kappa shape index (κ1) is 20.9. The first-order valence-electron chi connectivity index (χ1n) is 10.4. The van der Waals surface area contributed by atoms with Gasteiger partial charge in [-0.05, 0) is 50.2 Å². The molecule has 0 amide bonds. The summed E-state index contributed by atoms with van der Waals surface area (Å²) < 4.78 is 5.66. The number of benzene rings is 2. The fraction of sp³-hybridized carbons (Fsp3) is 0.208. The van der Waals surface area contributed by atoms with Crippen molar-refractivity contribution < 1.29 is 9.57 Å². The van der Waals surface area contributed by atoms with Gasteiger partial charge in [-0.15, -0.1) is 21.5 Å². The number of hydrogen-bond donors (Lipinski definition) is 1. The second-order valence-electron chi connectivity index (χ2n) is 7.26. The lowest BCUT2D eigenvalue weighted by Gasteiger charge is -2.23. The number of nitrogens with zero attached hydrogens (tertiary/aromatic N) is 3. The minimum atomic E-state index is -0.0593. The SMILES string of the molecule is CCOc1cccc(Sc2nnc3ccccc3c2C2=N[C@@H](c3ccc(C)s3)CON2)c1. The number of thiophene rings is 1. The molecule has 0 fully saturated rings. The van der Waals surface area contributed by atoms with E-state index in [0.29, 0.717) is 19.0 Å². The molecule has 1 N–H and O–H groups in total. The second-order valence-corrected chi connectivity index (χ2v) is 9.64. The molecular formula is C24H22N4O2S2. The Hall–Kier alpha value is -2.94. The van der Waals surface area contributed by atoms with Gasteiger partial charge in [-0.3, -0.25) is 9.83 Å². The van der Waals surface area contributed by atoms with Gasteiger partial charge in [0, 0.05) is 20.0 Å². The van der Waals surface area contributed by atoms with Gasteiger partial charge < -0.3 is 4.74 Å². The van der Waals surface area contributed by atoms with Gasteiger partial charge in [0.25, 0.3) is 0 Å². The number of fused-ring (bicyclic) bond motifs is 1. The Morgan fingerprint density at radius 2 is 2.03 bits per heavy atom. The predicted molar refractivity (Wildman–Crippen MR) is 129 cm³/mol. The van der Waals surface area contributed by atoms with Crippen LogP contribution in [0.1, 0.15) is 28.3 Å². The third-order valence-corrected chi connectivity index (χ3v) is 7.06. The molecule has 2 aromatic carbocycles. The van der Waals surface area contributed by atoms with E-state index in [2.05, 4.69) is 34.7 Å². The van der Waals surface area contributed by atoms with Crippen LogP contribution in [0.25, 0.3) is 10.9 Å². The van der Waals surface area contributed by atoms with Crippen LogP contribution in [0.15, 0.2) is 75.6 Å². The summed E-state index contributed by atoms with van der Waals surface area (Å²) in [5.41, 5.74) is 4.74. The quantitative estimate of drug-likeness (QED) is 0.404. The van der Waals surface area contributed by atoms with Crippen LogP contribution in [0.3, 0.4) is 0 Å². The molecular weight excluding hydrogens is 440 g/mol. The van der Waals surface area contributed by atoms with Crippen LogP contribution in [0.2, 0.25) is 0 Å². The number of ether oxygens (including phenoxy) is 1. The second kappa shape index (κ2) is 9.28. The standard InChI is InChI=1S/C24H22N4O2S2/c1-3-29-16-7-6-8-17(13-16)32-24-22(18-9-4-5-10-19(18)26-27-24)23-25-20(14-30-28-23)21-12-11-15(2)31-21/h4-13,20H,3,14H2,1-2H3,(H,25,28)/t20-/m1/s1. The number of aliphatic imine (C=N–C) groups is 1. The Bertz CT molecular complexity index is 1290. The number of hydroxylamine groups is 1. The summed E-state index contributed by atoms with van der Waals surface area (Å²) in [4.78, 5) is 14.3. The van der Waals surface area contributed by atoms with Crippen molar-refractivity contribution in [3.05, 3.63) is 76.0 Å². The third-order valence-electron chi connectivity index (χ3n) is 4.99. The molecule has 3 heterocycles. The lowest BCUT2D eigenvalue weighted by Crippen LogP contribution is -2.33. The molecule has 2 aromatic heterocycles. The molecule has 32 heavy (non-hydrogen) atoms. The monoisotopic (exact) mass is 462 g/mol. The predicted octanol–water partition coefficient (Wildman–Crippen LogP) is 5.57. The lowest BCUT2D eigenvalue weighted by atomic mass is 10.1. The molecule has 162 valence electrons. The van der Waals surface area contributed by atoms with E-state index in [1.54, 1.807) is 11.3 Å². The minimum absolute atomic E-state index is 0.0593. The molecule has 8 heteroatoms. The zero-order chi connectivity index (χ0) is 21.9. The smallest absolute Gasteiger partial charge is 0.156 e. The summed E-state index contributed by atoms with van der Waals surface area (Å²) >= 11 is 3.28. The largest absolute Gasteiger partial charge is 0.494 e. The summed E-state index contributed by atoms with van der Waals surface area (Å²) in [6.45, 7) is 5.19. The molecule has 5 rings (SSSR count). The Morgan fingerprint density at radius 1 is 1.12 bits per heavy atom. The molecule has 6 nitrogen and oxygen atoms in total. The van der Waals surface area contributed by atoms with Crippen LogP contribution in [0.4, 0.5) is 0 Å². The molecule has 1 atom stereocenters. The maximum atomic E-state index is 5.77. The van der Waals surface area contributed by atoms with Crippen molar-refractivity contribution in [2.45, 2.75) is 29.8 Å². The topological polar surface area (TPSA) is 68.6 Å². The summed E-state index contributed by atoms with van der Waals surface area (Å²) in [5, 5.41) is 10.7. The van der Waals surface area contributed by atoms with E-state index in [0.717, 1.165) is 32.1 Å². The molecule has 0 bridgehead atoms. The fourth-order valence-electron chi connectivity index (χ4n) is 3.55. The minimum Gasteiger partial charge on any atom is -0.494 e. The van der Waals surface area contributed by atoms with Crippen LogP contribution in [0, 0.1) is 6.92 Å². The van der Waals surface area contributed by atoms with E-state index in [4.69, 9.17) is 14.6 Å². The fourth-order valence-corrected chi connectivity index (χ4v) is 5.38. The van der Waals surface area contributed by atoms with Crippen molar-refractivity contribution in [3.63, 3.8) is 0 Å². The Morgan fingerprint density at radius 3 is 2.88 bits per heavy atom. The molecule has 0 spiro atoms. The van der Waals surface area contributed by atoms with E-state index < -0.39 is 0 Å². The van der Waals surface area contributed by atoms with Crippen molar-refractivity contribution in [1.82, 2.24) is 15.7 Å². The number of nitrogens with one attached hydrogen (secondary N) is 1. The Labute approximate surface area is 194 Å². The van der Waals surface area contributed by atoms with E-state index in [-0.39, 0.29) is 6.04 Å². The van der Waals surface area contributed by atoms with Gasteiger partial charge in [0.1, 0.15) is 23.4 Å². The number of amidine groups is 1. The maximum absolute atomic E-state index is 5.77. The molecule has 0 aliphatic carbocycles. The van der Waals surface area contributed by atoms with Crippen LogP contribution in [0.5, 0.6) is 5.75 Å². The molecule has 0 unspecified atom stereocenters. The summed E-state index contributed by atoms with van der Waals surface area (Å²) in [6, 6.07) is 20.1. The van der Waals surface area contributed by atoms with Crippen molar-refractivity contribution in [2.75, 3.05) is 13.2 Å². The molecule has 1 aliphatic heterocycles. The average Bonchev–Trinajstić information content (AvgIpc) is 3.26. The molecule has 1 aliphatic rings. The van der Waals surface area contributed by atoms with E-state index in [1.807, 2.05) is 55.5 Å². The van der Waals surface area contributed by atoms with Crippen molar-refractivity contribution in [1.29, 1.82) is 0 Å². The highest BCUT2D eigenvalue weighted by Gasteiger charge is 2.24. The summed E-state index contributed by atoms with van der Waals surface area (Å²) in [5.74, 6) is 1.50. The molecule has 0 radical (unpaired) electrons. The van der Waals surface area contributed by atoms with Gasteiger partial charge in [-0.2, -0.15) is 0 Å². The van der Waals surface area contributed by atoms with Gasteiger partial charge in [-0.25, -0.2) is 5.48 Å². The third kappa shape index (κ3) is 4.34. The van der Waals surface area contributed by atoms with E-state index in [9.17, 15) is 0 Å². The number of aryl methyl sites for hydroxylation is 1. The van der Waals surface area contributed by atoms with Gasteiger partial charge in [0.05, 0.1) is 17.7 Å². The zero-order valence-electron chi connectivity index (χ0n) is 17.7. The van der Waals surface area contributed by atoms with Crippen molar-refractivity contribution in [2.24, 2.45) is 4.99 Å².